The molecule has 0 fully saturated rings. The van der Waals surface area contributed by atoms with Gasteiger partial charge in [-0.05, 0) is 38.0 Å². The maximum atomic E-state index is 12.6. The van der Waals surface area contributed by atoms with Gasteiger partial charge in [0.05, 0.1) is 16.0 Å². The highest BCUT2D eigenvalue weighted by Crippen LogP contribution is 2.25. The lowest BCUT2D eigenvalue weighted by atomic mass is 10.0. The lowest BCUT2D eigenvalue weighted by Crippen LogP contribution is -2.40. The van der Waals surface area contributed by atoms with Crippen molar-refractivity contribution in [2.45, 2.75) is 38.9 Å². The summed E-state index contributed by atoms with van der Waals surface area (Å²) in [6.45, 7) is 4.54. The summed E-state index contributed by atoms with van der Waals surface area (Å²) in [5.41, 5.74) is 6.81. The Morgan fingerprint density at radius 3 is 2.57 bits per heavy atom. The van der Waals surface area contributed by atoms with Crippen LogP contribution in [0, 0.1) is 5.92 Å². The average Bonchev–Trinajstić information content (AvgIpc) is 2.85. The topological polar surface area (TPSA) is 46.3 Å². The summed E-state index contributed by atoms with van der Waals surface area (Å²) in [5.74, 6) is -0.00885. The standard InChI is InChI=1S/C16H20Cl2N2O/c1-10(2)20(16(21)12-4-5-13(19)8-12)9-11-3-6-14(17)15(18)7-11/h3-7,10,12-13H,8-9,19H2,1-2H3. The Morgan fingerprint density at radius 2 is 2.05 bits per heavy atom. The van der Waals surface area contributed by atoms with Crippen LogP contribution >= 0.6 is 23.2 Å². The third-order valence-corrected chi connectivity index (χ3v) is 4.42. The molecule has 2 atom stereocenters. The summed E-state index contributed by atoms with van der Waals surface area (Å²) in [5, 5.41) is 1.03. The lowest BCUT2D eigenvalue weighted by Gasteiger charge is -2.29. The first-order chi connectivity index (χ1) is 9.88. The highest BCUT2D eigenvalue weighted by Gasteiger charge is 2.28. The molecule has 3 nitrogen and oxygen atoms in total. The summed E-state index contributed by atoms with van der Waals surface area (Å²) in [6.07, 6.45) is 4.50. The quantitative estimate of drug-likeness (QED) is 0.859. The van der Waals surface area contributed by atoms with E-state index in [9.17, 15) is 4.79 Å². The number of nitrogens with two attached hydrogens (primary N) is 1. The van der Waals surface area contributed by atoms with Crippen molar-refractivity contribution < 1.29 is 4.79 Å². The molecular weight excluding hydrogens is 307 g/mol. The van der Waals surface area contributed by atoms with E-state index in [0.29, 0.717) is 23.0 Å². The van der Waals surface area contributed by atoms with E-state index in [1.807, 2.05) is 43.0 Å². The van der Waals surface area contributed by atoms with Gasteiger partial charge in [0.15, 0.2) is 0 Å². The van der Waals surface area contributed by atoms with E-state index in [1.54, 1.807) is 6.07 Å². The maximum Gasteiger partial charge on any atom is 0.230 e. The molecular formula is C16H20Cl2N2O. The summed E-state index contributed by atoms with van der Waals surface area (Å²) in [7, 11) is 0. The first-order valence-corrected chi connectivity index (χ1v) is 7.82. The Hall–Kier alpha value is -1.03. The molecule has 1 amide bonds. The molecule has 1 aliphatic rings. The van der Waals surface area contributed by atoms with Crippen LogP contribution in [0.5, 0.6) is 0 Å². The molecule has 1 aromatic rings. The van der Waals surface area contributed by atoms with Gasteiger partial charge in [-0.1, -0.05) is 41.4 Å². The van der Waals surface area contributed by atoms with Crippen LogP contribution in [0.3, 0.4) is 0 Å². The van der Waals surface area contributed by atoms with Gasteiger partial charge in [0.1, 0.15) is 0 Å². The van der Waals surface area contributed by atoms with Crippen LogP contribution in [0.15, 0.2) is 30.4 Å². The fourth-order valence-corrected chi connectivity index (χ4v) is 2.79. The average molecular weight is 327 g/mol. The first-order valence-electron chi connectivity index (χ1n) is 7.06. The molecule has 2 unspecified atom stereocenters. The Morgan fingerprint density at radius 1 is 1.33 bits per heavy atom. The second kappa shape index (κ2) is 6.82. The number of benzene rings is 1. The molecule has 2 rings (SSSR count). The summed E-state index contributed by atoms with van der Waals surface area (Å²) >= 11 is 12.0. The van der Waals surface area contributed by atoms with Crippen LogP contribution in [-0.4, -0.2) is 22.9 Å². The molecule has 1 aliphatic carbocycles. The second-order valence-electron chi connectivity index (χ2n) is 5.70. The third kappa shape index (κ3) is 4.00. The Bertz CT molecular complexity index is 557. The summed E-state index contributed by atoms with van der Waals surface area (Å²) in [4.78, 5) is 14.5. The van der Waals surface area contributed by atoms with E-state index in [2.05, 4.69) is 0 Å². The van der Waals surface area contributed by atoms with Crippen molar-refractivity contribution in [2.75, 3.05) is 0 Å². The van der Waals surface area contributed by atoms with Crippen molar-refractivity contribution in [1.82, 2.24) is 4.90 Å². The van der Waals surface area contributed by atoms with Crippen LogP contribution in [0.4, 0.5) is 0 Å². The number of nitrogens with zero attached hydrogens (tertiary/aromatic N) is 1. The van der Waals surface area contributed by atoms with Crippen molar-refractivity contribution in [3.63, 3.8) is 0 Å². The van der Waals surface area contributed by atoms with Crippen molar-refractivity contribution in [2.24, 2.45) is 11.7 Å². The molecule has 0 saturated carbocycles. The molecule has 21 heavy (non-hydrogen) atoms. The molecule has 5 heteroatoms. The predicted molar refractivity (Wildman–Crippen MR) is 87.4 cm³/mol. The van der Waals surface area contributed by atoms with Crippen molar-refractivity contribution >= 4 is 29.1 Å². The largest absolute Gasteiger partial charge is 0.335 e. The Labute approximate surface area is 135 Å². The highest BCUT2D eigenvalue weighted by atomic mass is 35.5. The zero-order valence-electron chi connectivity index (χ0n) is 12.2. The van der Waals surface area contributed by atoms with E-state index in [1.165, 1.54) is 0 Å². The zero-order chi connectivity index (χ0) is 15.6. The highest BCUT2D eigenvalue weighted by molar-refractivity contribution is 6.42. The van der Waals surface area contributed by atoms with Gasteiger partial charge in [-0.2, -0.15) is 0 Å². The number of carbonyl (C=O) groups is 1. The molecule has 114 valence electrons. The number of carbonyl (C=O) groups excluding carboxylic acids is 1. The van der Waals surface area contributed by atoms with Crippen molar-refractivity contribution in [3.05, 3.63) is 46.0 Å². The number of rotatable bonds is 4. The minimum Gasteiger partial charge on any atom is -0.335 e. The first kappa shape index (κ1) is 16.3. The zero-order valence-corrected chi connectivity index (χ0v) is 13.7. The van der Waals surface area contributed by atoms with Gasteiger partial charge < -0.3 is 10.6 Å². The summed E-state index contributed by atoms with van der Waals surface area (Å²) in [6, 6.07) is 5.55. The van der Waals surface area contributed by atoms with Crippen LogP contribution in [-0.2, 0) is 11.3 Å². The SMILES string of the molecule is CC(C)N(Cc1ccc(Cl)c(Cl)c1)C(=O)C1C=CC(N)C1. The van der Waals surface area contributed by atoms with Crippen molar-refractivity contribution in [1.29, 1.82) is 0 Å². The predicted octanol–water partition coefficient (Wildman–Crippen LogP) is 3.63. The number of amides is 1. The fraction of sp³-hybridized carbons (Fsp3) is 0.438. The summed E-state index contributed by atoms with van der Waals surface area (Å²) < 4.78 is 0. The number of halogens is 2. The van der Waals surface area contributed by atoms with Gasteiger partial charge in [0.25, 0.3) is 0 Å². The van der Waals surface area contributed by atoms with Crippen LogP contribution in [0.25, 0.3) is 0 Å². The maximum absolute atomic E-state index is 12.6. The van der Waals surface area contributed by atoms with Gasteiger partial charge in [0.2, 0.25) is 5.91 Å². The smallest absolute Gasteiger partial charge is 0.230 e. The van der Waals surface area contributed by atoms with Crippen LogP contribution in [0.1, 0.15) is 25.8 Å². The second-order valence-corrected chi connectivity index (χ2v) is 6.51. The van der Waals surface area contributed by atoms with Gasteiger partial charge in [0, 0.05) is 18.6 Å². The molecule has 0 aliphatic heterocycles. The third-order valence-electron chi connectivity index (χ3n) is 3.68. The molecule has 0 aromatic heterocycles. The van der Waals surface area contributed by atoms with Gasteiger partial charge >= 0.3 is 0 Å². The fourth-order valence-electron chi connectivity index (χ4n) is 2.47. The molecule has 0 saturated heterocycles. The monoisotopic (exact) mass is 326 g/mol. The van der Waals surface area contributed by atoms with Gasteiger partial charge in [-0.3, -0.25) is 4.79 Å². The van der Waals surface area contributed by atoms with Gasteiger partial charge in [-0.25, -0.2) is 0 Å². The molecule has 1 aromatic carbocycles. The minimum atomic E-state index is -0.120. The number of hydrogen-bond donors (Lipinski definition) is 1. The minimum absolute atomic E-state index is 0.0158. The molecule has 0 spiro atoms. The van der Waals surface area contributed by atoms with E-state index in [-0.39, 0.29) is 23.9 Å². The Balaban J connectivity index is 2.13. The van der Waals surface area contributed by atoms with Crippen molar-refractivity contribution in [3.8, 4) is 0 Å². The number of hydrogen-bond acceptors (Lipinski definition) is 2. The van der Waals surface area contributed by atoms with E-state index in [0.717, 1.165) is 5.56 Å². The molecule has 0 radical (unpaired) electrons. The van der Waals surface area contributed by atoms with Crippen LogP contribution in [0.2, 0.25) is 10.0 Å². The van der Waals surface area contributed by atoms with E-state index < -0.39 is 0 Å². The Kier molecular flexibility index (Phi) is 5.31. The normalized spacial score (nSPS) is 21.0. The molecule has 0 bridgehead atoms. The van der Waals surface area contributed by atoms with Crippen LogP contribution < -0.4 is 5.73 Å². The molecule has 0 heterocycles. The van der Waals surface area contributed by atoms with E-state index >= 15 is 0 Å². The van der Waals surface area contributed by atoms with E-state index in [4.69, 9.17) is 28.9 Å². The van der Waals surface area contributed by atoms with Gasteiger partial charge in [-0.15, -0.1) is 0 Å². The molecule has 2 N–H and O–H groups in total. The lowest BCUT2D eigenvalue weighted by molar-refractivity contribution is -0.136.